The minimum Gasteiger partial charge on any atom is -0.381 e. The summed E-state index contributed by atoms with van der Waals surface area (Å²) in [5, 5.41) is 3.45. The van der Waals surface area contributed by atoms with Crippen LogP contribution in [-0.2, 0) is 4.74 Å². The summed E-state index contributed by atoms with van der Waals surface area (Å²) >= 11 is 0. The minimum absolute atomic E-state index is 0.506. The van der Waals surface area contributed by atoms with Gasteiger partial charge in [-0.25, -0.2) is 0 Å². The van der Waals surface area contributed by atoms with Crippen molar-refractivity contribution in [2.45, 2.75) is 57.2 Å². The lowest BCUT2D eigenvalue weighted by Gasteiger charge is -2.43. The van der Waals surface area contributed by atoms with Gasteiger partial charge >= 0.3 is 0 Å². The van der Waals surface area contributed by atoms with E-state index >= 15 is 0 Å². The molecule has 1 heterocycles. The summed E-state index contributed by atoms with van der Waals surface area (Å²) in [5.74, 6) is 0.775. The van der Waals surface area contributed by atoms with Gasteiger partial charge < -0.3 is 10.1 Å². The zero-order chi connectivity index (χ0) is 12.3. The number of nitrogens with one attached hydrogen (secondary N) is 1. The summed E-state index contributed by atoms with van der Waals surface area (Å²) in [4.78, 5) is 2.71. The first-order valence-corrected chi connectivity index (χ1v) is 7.18. The van der Waals surface area contributed by atoms with Crippen molar-refractivity contribution in [2.75, 3.05) is 27.2 Å². The fourth-order valence-electron chi connectivity index (χ4n) is 3.60. The van der Waals surface area contributed by atoms with Gasteiger partial charge in [0.1, 0.15) is 0 Å². The second-order valence-corrected chi connectivity index (χ2v) is 5.83. The molecule has 17 heavy (non-hydrogen) atoms. The van der Waals surface area contributed by atoms with Crippen molar-refractivity contribution in [1.29, 1.82) is 0 Å². The van der Waals surface area contributed by atoms with Crippen LogP contribution in [0.25, 0.3) is 0 Å². The average Bonchev–Trinajstić information content (AvgIpc) is 2.38. The smallest absolute Gasteiger partial charge is 0.0586 e. The third kappa shape index (κ3) is 3.21. The Hall–Kier alpha value is -0.120. The van der Waals surface area contributed by atoms with Gasteiger partial charge in [0.05, 0.1) is 6.10 Å². The van der Waals surface area contributed by atoms with E-state index in [1.54, 1.807) is 0 Å². The van der Waals surface area contributed by atoms with Gasteiger partial charge in [-0.15, -0.1) is 0 Å². The SMILES string of the molecule is CNC1CCN(C2CCCC(OC)C2)CC1C. The lowest BCUT2D eigenvalue weighted by molar-refractivity contribution is 0.0119. The Bertz CT molecular complexity index is 234. The highest BCUT2D eigenvalue weighted by Crippen LogP contribution is 2.28. The number of rotatable bonds is 3. The maximum absolute atomic E-state index is 5.54. The Labute approximate surface area is 106 Å². The molecule has 2 aliphatic rings. The summed E-state index contributed by atoms with van der Waals surface area (Å²) in [6.07, 6.45) is 7.01. The Kier molecular flexibility index (Phi) is 4.83. The molecule has 1 saturated carbocycles. The minimum atomic E-state index is 0.506. The number of ether oxygens (including phenoxy) is 1. The number of piperidine rings is 1. The van der Waals surface area contributed by atoms with E-state index < -0.39 is 0 Å². The van der Waals surface area contributed by atoms with E-state index in [0.717, 1.165) is 12.0 Å². The first kappa shape index (κ1) is 13.3. The van der Waals surface area contributed by atoms with E-state index in [2.05, 4.69) is 24.2 Å². The van der Waals surface area contributed by atoms with Gasteiger partial charge in [0.15, 0.2) is 0 Å². The van der Waals surface area contributed by atoms with Crippen LogP contribution in [0.4, 0.5) is 0 Å². The highest BCUT2D eigenvalue weighted by atomic mass is 16.5. The fraction of sp³-hybridized carbons (Fsp3) is 1.00. The standard InChI is InChI=1S/C14H28N2O/c1-11-10-16(8-7-14(11)15-2)12-5-4-6-13(9-12)17-3/h11-15H,4-10H2,1-3H3. The van der Waals surface area contributed by atoms with Crippen LogP contribution < -0.4 is 5.32 Å². The number of likely N-dealkylation sites (tertiary alicyclic amines) is 1. The maximum atomic E-state index is 5.54. The Morgan fingerprint density at radius 1 is 1.24 bits per heavy atom. The van der Waals surface area contributed by atoms with E-state index in [1.807, 2.05) is 7.11 Å². The fourth-order valence-corrected chi connectivity index (χ4v) is 3.60. The summed E-state index contributed by atoms with van der Waals surface area (Å²) < 4.78 is 5.54. The van der Waals surface area contributed by atoms with Gasteiger partial charge in [-0.3, -0.25) is 4.90 Å². The van der Waals surface area contributed by atoms with Gasteiger partial charge in [0.2, 0.25) is 0 Å². The van der Waals surface area contributed by atoms with Crippen molar-refractivity contribution in [3.8, 4) is 0 Å². The van der Waals surface area contributed by atoms with E-state index in [-0.39, 0.29) is 0 Å². The third-order valence-corrected chi connectivity index (χ3v) is 4.76. The molecule has 3 heteroatoms. The topological polar surface area (TPSA) is 24.5 Å². The van der Waals surface area contributed by atoms with E-state index in [1.165, 1.54) is 45.2 Å². The number of hydrogen-bond acceptors (Lipinski definition) is 3. The largest absolute Gasteiger partial charge is 0.381 e. The molecule has 1 aliphatic carbocycles. The van der Waals surface area contributed by atoms with E-state index in [9.17, 15) is 0 Å². The highest BCUT2D eigenvalue weighted by Gasteiger charge is 2.32. The summed E-state index contributed by atoms with van der Waals surface area (Å²) in [6.45, 7) is 4.90. The molecular weight excluding hydrogens is 212 g/mol. The van der Waals surface area contributed by atoms with Crippen LogP contribution in [-0.4, -0.2) is 50.3 Å². The van der Waals surface area contributed by atoms with Crippen molar-refractivity contribution in [2.24, 2.45) is 5.92 Å². The second-order valence-electron chi connectivity index (χ2n) is 5.83. The highest BCUT2D eigenvalue weighted by molar-refractivity contribution is 4.88. The third-order valence-electron chi connectivity index (χ3n) is 4.76. The average molecular weight is 240 g/mol. The molecule has 3 nitrogen and oxygen atoms in total. The van der Waals surface area contributed by atoms with Crippen molar-refractivity contribution in [3.05, 3.63) is 0 Å². The molecule has 4 atom stereocenters. The molecule has 4 unspecified atom stereocenters. The summed E-state index contributed by atoms with van der Waals surface area (Å²) in [5.41, 5.74) is 0. The van der Waals surface area contributed by atoms with E-state index in [0.29, 0.717) is 12.1 Å². The zero-order valence-corrected chi connectivity index (χ0v) is 11.6. The lowest BCUT2D eigenvalue weighted by atomic mass is 9.87. The van der Waals surface area contributed by atoms with Crippen molar-refractivity contribution < 1.29 is 4.74 Å². The van der Waals surface area contributed by atoms with Gasteiger partial charge in [0.25, 0.3) is 0 Å². The van der Waals surface area contributed by atoms with Crippen molar-refractivity contribution in [1.82, 2.24) is 10.2 Å². The second kappa shape index (κ2) is 6.17. The molecule has 0 aromatic rings. The number of hydrogen-bond donors (Lipinski definition) is 1. The normalized spacial score (nSPS) is 40.4. The molecular formula is C14H28N2O. The Morgan fingerprint density at radius 2 is 2.06 bits per heavy atom. The molecule has 0 aromatic carbocycles. The van der Waals surface area contributed by atoms with Crippen LogP contribution in [0.2, 0.25) is 0 Å². The molecule has 100 valence electrons. The van der Waals surface area contributed by atoms with Gasteiger partial charge in [0, 0.05) is 25.7 Å². The molecule has 0 amide bonds. The molecule has 0 spiro atoms. The maximum Gasteiger partial charge on any atom is 0.0586 e. The van der Waals surface area contributed by atoms with Crippen LogP contribution >= 0.6 is 0 Å². The monoisotopic (exact) mass is 240 g/mol. The molecule has 0 radical (unpaired) electrons. The molecule has 2 rings (SSSR count). The van der Waals surface area contributed by atoms with Crippen molar-refractivity contribution >= 4 is 0 Å². The number of nitrogens with zero attached hydrogens (tertiary/aromatic N) is 1. The predicted octanol–water partition coefficient (Wildman–Crippen LogP) is 1.87. The van der Waals surface area contributed by atoms with Gasteiger partial charge in [-0.05, 0) is 51.6 Å². The van der Waals surface area contributed by atoms with Gasteiger partial charge in [-0.1, -0.05) is 6.92 Å². The molecule has 1 aliphatic heterocycles. The first-order chi connectivity index (χ1) is 8.24. The molecule has 1 saturated heterocycles. The molecule has 1 N–H and O–H groups in total. The van der Waals surface area contributed by atoms with Crippen LogP contribution in [0.3, 0.4) is 0 Å². The quantitative estimate of drug-likeness (QED) is 0.815. The lowest BCUT2D eigenvalue weighted by Crippen LogP contribution is -2.52. The van der Waals surface area contributed by atoms with Crippen LogP contribution in [0.15, 0.2) is 0 Å². The molecule has 0 bridgehead atoms. The summed E-state index contributed by atoms with van der Waals surface area (Å²) in [6, 6.07) is 1.49. The van der Waals surface area contributed by atoms with Crippen LogP contribution in [0.5, 0.6) is 0 Å². The Balaban J connectivity index is 1.86. The van der Waals surface area contributed by atoms with Gasteiger partial charge in [-0.2, -0.15) is 0 Å². The zero-order valence-electron chi connectivity index (χ0n) is 11.6. The van der Waals surface area contributed by atoms with E-state index in [4.69, 9.17) is 4.74 Å². The first-order valence-electron chi connectivity index (χ1n) is 7.18. The Morgan fingerprint density at radius 3 is 2.71 bits per heavy atom. The van der Waals surface area contributed by atoms with Crippen molar-refractivity contribution in [3.63, 3.8) is 0 Å². The molecule has 0 aromatic heterocycles. The molecule has 2 fully saturated rings. The van der Waals surface area contributed by atoms with Crippen LogP contribution in [0.1, 0.15) is 39.0 Å². The summed E-state index contributed by atoms with van der Waals surface area (Å²) in [7, 11) is 3.96. The number of methoxy groups -OCH3 is 1. The van der Waals surface area contributed by atoms with Crippen LogP contribution in [0, 0.1) is 5.92 Å². The predicted molar refractivity (Wildman–Crippen MR) is 71.3 cm³/mol.